The molecule has 0 bridgehead atoms. The van der Waals surface area contributed by atoms with Crippen LogP contribution in [-0.4, -0.2) is 37.7 Å². The van der Waals surface area contributed by atoms with Crippen molar-refractivity contribution in [2.24, 2.45) is 0 Å². The largest absolute Gasteiger partial charge is 0.452 e. The Balaban J connectivity index is 1.68. The van der Waals surface area contributed by atoms with E-state index in [1.54, 1.807) is 24.3 Å². The van der Waals surface area contributed by atoms with Gasteiger partial charge in [0.1, 0.15) is 0 Å². The Morgan fingerprint density at radius 2 is 2.23 bits per heavy atom. The predicted octanol–water partition coefficient (Wildman–Crippen LogP) is 2.19. The lowest BCUT2D eigenvalue weighted by atomic mass is 10.2. The number of rotatable bonds is 6. The van der Waals surface area contributed by atoms with Crippen molar-refractivity contribution in [1.82, 2.24) is 5.32 Å². The number of esters is 1. The Hall–Kier alpha value is -1.85. The van der Waals surface area contributed by atoms with E-state index in [1.165, 1.54) is 6.08 Å². The number of hydrogen-bond donors (Lipinski definition) is 1. The number of halogens is 1. The van der Waals surface area contributed by atoms with Gasteiger partial charge in [-0.2, -0.15) is 0 Å². The van der Waals surface area contributed by atoms with Crippen LogP contribution in [0.3, 0.4) is 0 Å². The van der Waals surface area contributed by atoms with E-state index in [9.17, 15) is 9.59 Å². The van der Waals surface area contributed by atoms with Crippen LogP contribution in [0.4, 0.5) is 0 Å². The van der Waals surface area contributed by atoms with Crippen LogP contribution in [-0.2, 0) is 19.1 Å². The van der Waals surface area contributed by atoms with Crippen LogP contribution in [0.15, 0.2) is 30.3 Å². The van der Waals surface area contributed by atoms with Crippen molar-refractivity contribution in [1.29, 1.82) is 0 Å². The van der Waals surface area contributed by atoms with Crippen LogP contribution in [0.1, 0.15) is 18.4 Å². The van der Waals surface area contributed by atoms with Gasteiger partial charge in [0.2, 0.25) is 0 Å². The average molecular weight is 324 g/mol. The van der Waals surface area contributed by atoms with Crippen LogP contribution < -0.4 is 5.32 Å². The van der Waals surface area contributed by atoms with E-state index in [1.807, 2.05) is 6.07 Å². The van der Waals surface area contributed by atoms with Gasteiger partial charge in [-0.3, -0.25) is 4.79 Å². The third kappa shape index (κ3) is 5.50. The molecule has 1 N–H and O–H groups in total. The van der Waals surface area contributed by atoms with Crippen molar-refractivity contribution >= 4 is 29.6 Å². The maximum Gasteiger partial charge on any atom is 0.331 e. The summed E-state index contributed by atoms with van der Waals surface area (Å²) in [5.41, 5.74) is 0.712. The lowest BCUT2D eigenvalue weighted by Crippen LogP contribution is -2.34. The quantitative estimate of drug-likeness (QED) is 0.644. The van der Waals surface area contributed by atoms with E-state index in [2.05, 4.69) is 5.32 Å². The number of carbonyl (C=O) groups excluding carboxylic acids is 2. The fourth-order valence-electron chi connectivity index (χ4n) is 2.04. The highest BCUT2D eigenvalue weighted by atomic mass is 35.5. The summed E-state index contributed by atoms with van der Waals surface area (Å²) in [6.45, 7) is 0.882. The summed E-state index contributed by atoms with van der Waals surface area (Å²) in [5, 5.41) is 3.22. The Morgan fingerprint density at radius 3 is 2.95 bits per heavy atom. The van der Waals surface area contributed by atoms with E-state index < -0.39 is 5.97 Å². The van der Waals surface area contributed by atoms with Gasteiger partial charge in [-0.25, -0.2) is 4.79 Å². The molecule has 118 valence electrons. The number of ether oxygens (including phenoxy) is 2. The molecule has 1 amide bonds. The number of hydrogen-bond acceptors (Lipinski definition) is 4. The molecule has 0 radical (unpaired) electrons. The van der Waals surface area contributed by atoms with Crippen molar-refractivity contribution in [3.63, 3.8) is 0 Å². The summed E-state index contributed by atoms with van der Waals surface area (Å²) in [7, 11) is 0. The highest BCUT2D eigenvalue weighted by Gasteiger charge is 2.16. The summed E-state index contributed by atoms with van der Waals surface area (Å²) in [6.07, 6.45) is 4.83. The zero-order valence-electron chi connectivity index (χ0n) is 12.1. The van der Waals surface area contributed by atoms with E-state index in [0.717, 1.165) is 19.4 Å². The monoisotopic (exact) mass is 323 g/mol. The fourth-order valence-corrected chi connectivity index (χ4v) is 2.24. The molecule has 1 aliphatic heterocycles. The summed E-state index contributed by atoms with van der Waals surface area (Å²) in [6, 6.07) is 7.12. The SMILES string of the molecule is O=C(COC(=O)/C=C/c1ccccc1Cl)NCC1CCCO1. The zero-order valence-corrected chi connectivity index (χ0v) is 12.8. The summed E-state index contributed by atoms with van der Waals surface area (Å²) >= 11 is 5.96. The van der Waals surface area contributed by atoms with Crippen LogP contribution >= 0.6 is 11.6 Å². The van der Waals surface area contributed by atoms with Crippen LogP contribution in [0.5, 0.6) is 0 Å². The van der Waals surface area contributed by atoms with Gasteiger partial charge >= 0.3 is 5.97 Å². The Bertz CT molecular complexity index is 553. The van der Waals surface area contributed by atoms with Gasteiger partial charge < -0.3 is 14.8 Å². The first-order chi connectivity index (χ1) is 10.6. The number of nitrogens with one attached hydrogen (secondary N) is 1. The Morgan fingerprint density at radius 1 is 1.41 bits per heavy atom. The van der Waals surface area contributed by atoms with E-state index in [-0.39, 0.29) is 18.6 Å². The molecule has 0 aromatic heterocycles. The van der Waals surface area contributed by atoms with Gasteiger partial charge in [0.25, 0.3) is 5.91 Å². The van der Waals surface area contributed by atoms with Crippen LogP contribution in [0, 0.1) is 0 Å². The number of benzene rings is 1. The molecule has 1 aromatic rings. The second-order valence-electron chi connectivity index (χ2n) is 4.90. The van der Waals surface area contributed by atoms with Crippen LogP contribution in [0.25, 0.3) is 6.08 Å². The minimum atomic E-state index is -0.591. The first kappa shape index (κ1) is 16.5. The minimum Gasteiger partial charge on any atom is -0.452 e. The van der Waals surface area contributed by atoms with Gasteiger partial charge in [0.05, 0.1) is 6.10 Å². The molecule has 0 saturated carbocycles. The van der Waals surface area contributed by atoms with Gasteiger partial charge in [0, 0.05) is 24.3 Å². The standard InChI is InChI=1S/C16H18ClNO4/c17-14-6-2-1-4-12(14)7-8-16(20)22-11-15(19)18-10-13-5-3-9-21-13/h1-2,4,6-8,13H,3,5,9-11H2,(H,18,19)/b8-7+. The second kappa shape index (κ2) is 8.56. The molecule has 1 heterocycles. The summed E-state index contributed by atoms with van der Waals surface area (Å²) in [5.74, 6) is -0.929. The molecule has 1 aliphatic rings. The third-order valence-electron chi connectivity index (χ3n) is 3.20. The van der Waals surface area contributed by atoms with Crippen molar-refractivity contribution in [3.8, 4) is 0 Å². The first-order valence-electron chi connectivity index (χ1n) is 7.13. The fraction of sp³-hybridized carbons (Fsp3) is 0.375. The van der Waals surface area contributed by atoms with E-state index in [4.69, 9.17) is 21.1 Å². The molecular weight excluding hydrogens is 306 g/mol. The molecule has 6 heteroatoms. The molecule has 1 saturated heterocycles. The molecular formula is C16H18ClNO4. The van der Waals surface area contributed by atoms with Crippen molar-refractivity contribution in [2.75, 3.05) is 19.8 Å². The molecule has 2 rings (SSSR count). The average Bonchev–Trinajstić information content (AvgIpc) is 3.03. The lowest BCUT2D eigenvalue weighted by molar-refractivity contribution is -0.143. The molecule has 1 atom stereocenters. The number of carbonyl (C=O) groups is 2. The maximum absolute atomic E-state index is 11.5. The second-order valence-corrected chi connectivity index (χ2v) is 5.31. The predicted molar refractivity (Wildman–Crippen MR) is 83.4 cm³/mol. The summed E-state index contributed by atoms with van der Waals surface area (Å²) in [4.78, 5) is 23.1. The normalized spacial score (nSPS) is 17.6. The first-order valence-corrected chi connectivity index (χ1v) is 7.50. The van der Waals surface area contributed by atoms with Crippen molar-refractivity contribution in [2.45, 2.75) is 18.9 Å². The van der Waals surface area contributed by atoms with Crippen molar-refractivity contribution in [3.05, 3.63) is 40.9 Å². The van der Waals surface area contributed by atoms with E-state index in [0.29, 0.717) is 17.1 Å². The number of amides is 1. The maximum atomic E-state index is 11.5. The lowest BCUT2D eigenvalue weighted by Gasteiger charge is -2.10. The highest BCUT2D eigenvalue weighted by Crippen LogP contribution is 2.16. The van der Waals surface area contributed by atoms with E-state index >= 15 is 0 Å². The molecule has 0 aliphatic carbocycles. The Labute approximate surface area is 134 Å². The van der Waals surface area contributed by atoms with Gasteiger partial charge in [-0.1, -0.05) is 29.8 Å². The van der Waals surface area contributed by atoms with Gasteiger partial charge in [0.15, 0.2) is 6.61 Å². The summed E-state index contributed by atoms with van der Waals surface area (Å²) < 4.78 is 10.2. The van der Waals surface area contributed by atoms with Gasteiger partial charge in [-0.05, 0) is 30.5 Å². The van der Waals surface area contributed by atoms with Gasteiger partial charge in [-0.15, -0.1) is 0 Å². The molecule has 0 spiro atoms. The molecule has 1 fully saturated rings. The van der Waals surface area contributed by atoms with Crippen LogP contribution in [0.2, 0.25) is 5.02 Å². The topological polar surface area (TPSA) is 64.6 Å². The highest BCUT2D eigenvalue weighted by molar-refractivity contribution is 6.32. The minimum absolute atomic E-state index is 0.0692. The molecule has 1 unspecified atom stereocenters. The Kier molecular flexibility index (Phi) is 6.43. The zero-order chi connectivity index (χ0) is 15.8. The molecule has 22 heavy (non-hydrogen) atoms. The smallest absolute Gasteiger partial charge is 0.331 e. The van der Waals surface area contributed by atoms with Crippen molar-refractivity contribution < 1.29 is 19.1 Å². The molecule has 5 nitrogen and oxygen atoms in total. The molecule has 1 aromatic carbocycles. The third-order valence-corrected chi connectivity index (χ3v) is 3.54.